The van der Waals surface area contributed by atoms with Gasteiger partial charge in [-0.3, -0.25) is 4.79 Å². The van der Waals surface area contributed by atoms with E-state index < -0.39 is 5.91 Å². The number of thiophene rings is 1. The minimum Gasteiger partial charge on any atom is -0.492 e. The number of morpholine rings is 1. The number of hydrogen-bond acceptors (Lipinski definition) is 7. The highest BCUT2D eigenvalue weighted by atomic mass is 32.1. The minimum atomic E-state index is -0.549. The summed E-state index contributed by atoms with van der Waals surface area (Å²) in [5, 5.41) is 3.93. The molecular formula is C12H20N4O3S. The SMILES string of the molecule is COc1c(NCC2CN(C)CCO2)sc(C(N)=O)c1N. The molecule has 1 aliphatic rings. The van der Waals surface area contributed by atoms with Crippen LogP contribution in [0.2, 0.25) is 0 Å². The van der Waals surface area contributed by atoms with Crippen molar-refractivity contribution in [2.75, 3.05) is 51.4 Å². The standard InChI is InChI=1S/C12H20N4O3S/c1-16-3-4-19-7(6-16)5-15-12-9(18-2)8(13)10(20-12)11(14)17/h7,15H,3-6,13H2,1-2H3,(H2,14,17). The maximum absolute atomic E-state index is 11.3. The van der Waals surface area contributed by atoms with Crippen LogP contribution in [0.1, 0.15) is 9.67 Å². The van der Waals surface area contributed by atoms with Gasteiger partial charge in [0.1, 0.15) is 15.6 Å². The summed E-state index contributed by atoms with van der Waals surface area (Å²) in [6, 6.07) is 0. The lowest BCUT2D eigenvalue weighted by atomic mass is 10.3. The third kappa shape index (κ3) is 3.14. The number of carbonyl (C=O) groups excluding carboxylic acids is 1. The number of nitrogen functional groups attached to an aromatic ring is 1. The van der Waals surface area contributed by atoms with Gasteiger partial charge in [0.2, 0.25) is 0 Å². The molecule has 7 nitrogen and oxygen atoms in total. The molecule has 1 fully saturated rings. The van der Waals surface area contributed by atoms with Crippen molar-refractivity contribution in [3.05, 3.63) is 4.88 Å². The molecule has 1 aromatic rings. The second-order valence-corrected chi connectivity index (χ2v) is 5.73. The fourth-order valence-electron chi connectivity index (χ4n) is 2.13. The van der Waals surface area contributed by atoms with E-state index in [1.165, 1.54) is 18.4 Å². The van der Waals surface area contributed by atoms with Gasteiger partial charge in [-0.25, -0.2) is 0 Å². The zero-order valence-electron chi connectivity index (χ0n) is 11.6. The maximum Gasteiger partial charge on any atom is 0.261 e. The number of anilines is 2. The van der Waals surface area contributed by atoms with E-state index in [9.17, 15) is 4.79 Å². The van der Waals surface area contributed by atoms with Crippen molar-refractivity contribution in [2.45, 2.75) is 6.10 Å². The van der Waals surface area contributed by atoms with Crippen molar-refractivity contribution in [1.29, 1.82) is 0 Å². The van der Waals surface area contributed by atoms with Gasteiger partial charge < -0.3 is 31.2 Å². The molecule has 2 rings (SSSR count). The van der Waals surface area contributed by atoms with Gasteiger partial charge in [0.05, 0.1) is 19.8 Å². The summed E-state index contributed by atoms with van der Waals surface area (Å²) in [5.74, 6) is -0.0829. The Labute approximate surface area is 121 Å². The molecule has 2 heterocycles. The van der Waals surface area contributed by atoms with Crippen LogP contribution in [0.5, 0.6) is 5.75 Å². The Hall–Kier alpha value is -1.51. The molecule has 5 N–H and O–H groups in total. The zero-order chi connectivity index (χ0) is 14.7. The molecule has 1 aliphatic heterocycles. The van der Waals surface area contributed by atoms with Crippen molar-refractivity contribution >= 4 is 27.9 Å². The topological polar surface area (TPSA) is 103 Å². The first kappa shape index (κ1) is 14.9. The average Bonchev–Trinajstić information content (AvgIpc) is 2.73. The molecular weight excluding hydrogens is 280 g/mol. The molecule has 0 radical (unpaired) electrons. The van der Waals surface area contributed by atoms with E-state index in [-0.39, 0.29) is 11.8 Å². The number of carbonyl (C=O) groups is 1. The smallest absolute Gasteiger partial charge is 0.261 e. The van der Waals surface area contributed by atoms with E-state index in [1.54, 1.807) is 0 Å². The Balaban J connectivity index is 2.05. The fourth-order valence-corrected chi connectivity index (χ4v) is 3.08. The van der Waals surface area contributed by atoms with E-state index in [0.717, 1.165) is 19.7 Å². The number of rotatable bonds is 5. The Morgan fingerprint density at radius 2 is 2.40 bits per heavy atom. The van der Waals surface area contributed by atoms with Crippen LogP contribution in [0.25, 0.3) is 0 Å². The summed E-state index contributed by atoms with van der Waals surface area (Å²) < 4.78 is 10.9. The summed E-state index contributed by atoms with van der Waals surface area (Å²) in [5.41, 5.74) is 11.4. The molecule has 8 heteroatoms. The van der Waals surface area contributed by atoms with Crippen molar-refractivity contribution in [1.82, 2.24) is 4.90 Å². The highest BCUT2D eigenvalue weighted by Crippen LogP contribution is 2.42. The van der Waals surface area contributed by atoms with Gasteiger partial charge in [0.15, 0.2) is 5.75 Å². The summed E-state index contributed by atoms with van der Waals surface area (Å²) >= 11 is 1.20. The van der Waals surface area contributed by atoms with Crippen LogP contribution in [-0.2, 0) is 4.74 Å². The largest absolute Gasteiger partial charge is 0.492 e. The molecule has 1 atom stereocenters. The first-order valence-corrected chi connectivity index (χ1v) is 7.14. The van der Waals surface area contributed by atoms with E-state index in [2.05, 4.69) is 17.3 Å². The van der Waals surface area contributed by atoms with Crippen LogP contribution in [0, 0.1) is 0 Å². The van der Waals surface area contributed by atoms with Crippen LogP contribution in [0.15, 0.2) is 0 Å². The van der Waals surface area contributed by atoms with E-state index >= 15 is 0 Å². The Morgan fingerprint density at radius 3 is 3.00 bits per heavy atom. The van der Waals surface area contributed by atoms with Gasteiger partial charge in [-0.15, -0.1) is 11.3 Å². The lowest BCUT2D eigenvalue weighted by molar-refractivity contribution is -0.0117. The molecule has 1 saturated heterocycles. The van der Waals surface area contributed by atoms with Crippen LogP contribution in [0.3, 0.4) is 0 Å². The maximum atomic E-state index is 11.3. The minimum absolute atomic E-state index is 0.0961. The predicted molar refractivity (Wildman–Crippen MR) is 79.5 cm³/mol. The number of likely N-dealkylation sites (N-methyl/N-ethyl adjacent to an activating group) is 1. The van der Waals surface area contributed by atoms with Crippen LogP contribution < -0.4 is 21.5 Å². The Bertz CT molecular complexity index is 491. The molecule has 0 saturated carbocycles. The van der Waals surface area contributed by atoms with Crippen molar-refractivity contribution in [3.8, 4) is 5.75 Å². The lowest BCUT2D eigenvalue weighted by Gasteiger charge is -2.30. The molecule has 0 bridgehead atoms. The molecule has 0 aromatic carbocycles. The highest BCUT2D eigenvalue weighted by molar-refractivity contribution is 7.19. The zero-order valence-corrected chi connectivity index (χ0v) is 12.5. The molecule has 1 aromatic heterocycles. The third-order valence-electron chi connectivity index (χ3n) is 3.16. The van der Waals surface area contributed by atoms with Crippen molar-refractivity contribution in [2.24, 2.45) is 5.73 Å². The summed E-state index contributed by atoms with van der Waals surface area (Å²) in [6.45, 7) is 3.15. The molecule has 20 heavy (non-hydrogen) atoms. The molecule has 1 unspecified atom stereocenters. The van der Waals surface area contributed by atoms with Gasteiger partial charge in [-0.05, 0) is 7.05 Å². The van der Waals surface area contributed by atoms with Gasteiger partial charge in [-0.1, -0.05) is 0 Å². The monoisotopic (exact) mass is 300 g/mol. The lowest BCUT2D eigenvalue weighted by Crippen LogP contribution is -2.43. The number of methoxy groups -OCH3 is 1. The normalized spacial score (nSPS) is 19.8. The number of nitrogens with zero attached hydrogens (tertiary/aromatic N) is 1. The number of ether oxygens (including phenoxy) is 2. The molecule has 1 amide bonds. The number of hydrogen-bond donors (Lipinski definition) is 3. The number of nitrogens with one attached hydrogen (secondary N) is 1. The molecule has 112 valence electrons. The predicted octanol–water partition coefficient (Wildman–Crippen LogP) is 0.180. The third-order valence-corrected chi connectivity index (χ3v) is 4.32. The summed E-state index contributed by atoms with van der Waals surface area (Å²) in [4.78, 5) is 13.8. The Kier molecular flexibility index (Phi) is 4.69. The highest BCUT2D eigenvalue weighted by Gasteiger charge is 2.22. The van der Waals surface area contributed by atoms with Crippen LogP contribution in [-0.4, -0.2) is 57.3 Å². The van der Waals surface area contributed by atoms with Crippen LogP contribution in [0.4, 0.5) is 10.7 Å². The number of primary amides is 1. The van der Waals surface area contributed by atoms with Crippen LogP contribution >= 0.6 is 11.3 Å². The van der Waals surface area contributed by atoms with E-state index in [4.69, 9.17) is 20.9 Å². The summed E-state index contributed by atoms with van der Waals surface area (Å²) in [6.07, 6.45) is 0.0961. The summed E-state index contributed by atoms with van der Waals surface area (Å²) in [7, 11) is 3.57. The second kappa shape index (κ2) is 6.29. The molecule has 0 spiro atoms. The first-order valence-electron chi connectivity index (χ1n) is 6.33. The average molecular weight is 300 g/mol. The first-order chi connectivity index (χ1) is 9.52. The number of nitrogens with two attached hydrogens (primary N) is 2. The van der Waals surface area contributed by atoms with Gasteiger partial charge >= 0.3 is 0 Å². The second-order valence-electron chi connectivity index (χ2n) is 4.71. The Morgan fingerprint density at radius 1 is 1.65 bits per heavy atom. The van der Waals surface area contributed by atoms with Crippen molar-refractivity contribution < 1.29 is 14.3 Å². The fraction of sp³-hybridized carbons (Fsp3) is 0.583. The van der Waals surface area contributed by atoms with E-state index in [1.807, 2.05) is 0 Å². The van der Waals surface area contributed by atoms with Gasteiger partial charge in [-0.2, -0.15) is 0 Å². The molecule has 0 aliphatic carbocycles. The quantitative estimate of drug-likeness (QED) is 0.717. The van der Waals surface area contributed by atoms with Gasteiger partial charge in [0, 0.05) is 19.6 Å². The number of amides is 1. The van der Waals surface area contributed by atoms with E-state index in [0.29, 0.717) is 22.2 Å². The van der Waals surface area contributed by atoms with Gasteiger partial charge in [0.25, 0.3) is 5.91 Å². The van der Waals surface area contributed by atoms with Crippen molar-refractivity contribution in [3.63, 3.8) is 0 Å².